The molecule has 3 saturated carbocycles. The quantitative estimate of drug-likeness (QED) is 0.144. The first-order chi connectivity index (χ1) is 31.9. The molecule has 66 heavy (non-hydrogen) atoms. The van der Waals surface area contributed by atoms with Gasteiger partial charge in [-0.15, -0.1) is 20.4 Å². The number of tetrazole rings is 1. The molecule has 0 radical (unpaired) electrons. The van der Waals surface area contributed by atoms with E-state index in [9.17, 15) is 18.4 Å². The largest absolute Gasteiger partial charge is 0.490 e. The summed E-state index contributed by atoms with van der Waals surface area (Å²) in [6.07, 6.45) is 8.28. The van der Waals surface area contributed by atoms with E-state index in [1.165, 1.54) is 4.80 Å². The molecule has 5 aromatic rings. The normalized spacial score (nSPS) is 23.7. The standard InChI is InChI=1S/C47H51ClF2N12O4/c1-27(63)60-19-15-40-37(26-60)45(61-18-3-4-28-20-36(44-55-58-59(2)56-44)35(43(49)50)22-41(28)61)57-62(40)31-13-16-47(17-14-31)23-34(24-47)66-42-12-11-39(53-54-42)46(64)52-30-6-9-32(10-7-30)65-33-8-5-29(25-51)38(48)21-33/h5,8,11-12,20-22,30-32,34,43H,3-4,6-7,9-10,13-19,23-24,26H2,1-2H3,(H,52,64). The highest BCUT2D eigenvalue weighted by Crippen LogP contribution is 2.55. The Morgan fingerprint density at radius 1 is 0.939 bits per heavy atom. The molecule has 1 spiro atoms. The number of nitrogens with one attached hydrogen (secondary N) is 1. The molecule has 344 valence electrons. The number of amides is 2. The van der Waals surface area contributed by atoms with Crippen molar-refractivity contribution >= 4 is 34.9 Å². The van der Waals surface area contributed by atoms with Crippen molar-refractivity contribution in [3.05, 3.63) is 81.1 Å². The van der Waals surface area contributed by atoms with Gasteiger partial charge in [-0.3, -0.25) is 14.3 Å². The Labute approximate surface area is 385 Å². The highest BCUT2D eigenvalue weighted by Gasteiger charge is 2.48. The van der Waals surface area contributed by atoms with Gasteiger partial charge in [0.15, 0.2) is 11.5 Å². The first-order valence-electron chi connectivity index (χ1n) is 22.9. The number of anilines is 2. The maximum atomic E-state index is 14.7. The number of aromatic nitrogens is 8. The molecule has 19 heteroatoms. The van der Waals surface area contributed by atoms with E-state index in [4.69, 9.17) is 31.4 Å². The average Bonchev–Trinajstić information content (AvgIpc) is 3.92. The third kappa shape index (κ3) is 8.65. The highest BCUT2D eigenvalue weighted by atomic mass is 35.5. The molecule has 2 aliphatic heterocycles. The van der Waals surface area contributed by atoms with Crippen molar-refractivity contribution in [3.63, 3.8) is 0 Å². The fourth-order valence-corrected chi connectivity index (χ4v) is 11.0. The average molecular weight is 921 g/mol. The third-order valence-electron chi connectivity index (χ3n) is 14.3. The predicted molar refractivity (Wildman–Crippen MR) is 237 cm³/mol. The fraction of sp³-hybridized carbons (Fsp3) is 0.511. The van der Waals surface area contributed by atoms with E-state index in [1.807, 2.05) is 4.90 Å². The summed E-state index contributed by atoms with van der Waals surface area (Å²) in [7, 11) is 1.61. The Morgan fingerprint density at radius 2 is 1.74 bits per heavy atom. The van der Waals surface area contributed by atoms with Crippen molar-refractivity contribution in [2.45, 2.75) is 128 Å². The Hall–Kier alpha value is -6.22. The number of carbonyl (C=O) groups is 2. The van der Waals surface area contributed by atoms with Crippen molar-refractivity contribution < 1.29 is 27.8 Å². The van der Waals surface area contributed by atoms with Crippen molar-refractivity contribution in [2.75, 3.05) is 18.0 Å². The molecule has 5 aliphatic rings. The van der Waals surface area contributed by atoms with Crippen LogP contribution in [0.5, 0.6) is 11.6 Å². The molecular weight excluding hydrogens is 870 g/mol. The molecule has 2 aromatic carbocycles. The van der Waals surface area contributed by atoms with Crippen LogP contribution in [-0.2, 0) is 31.2 Å². The van der Waals surface area contributed by atoms with Gasteiger partial charge in [0.25, 0.3) is 12.3 Å². The van der Waals surface area contributed by atoms with Crippen LogP contribution in [0.2, 0.25) is 5.02 Å². The summed E-state index contributed by atoms with van der Waals surface area (Å²) in [5.74, 6) is 1.67. The van der Waals surface area contributed by atoms with Crippen molar-refractivity contribution in [2.24, 2.45) is 12.5 Å². The fourth-order valence-electron chi connectivity index (χ4n) is 10.8. The highest BCUT2D eigenvalue weighted by molar-refractivity contribution is 6.31. The zero-order valence-electron chi connectivity index (χ0n) is 36.9. The maximum Gasteiger partial charge on any atom is 0.272 e. The predicted octanol–water partition coefficient (Wildman–Crippen LogP) is 7.78. The van der Waals surface area contributed by atoms with Gasteiger partial charge in [0.1, 0.15) is 17.9 Å². The number of halogens is 3. The van der Waals surface area contributed by atoms with Crippen LogP contribution in [0.15, 0.2) is 42.5 Å². The first kappa shape index (κ1) is 43.7. The zero-order valence-corrected chi connectivity index (χ0v) is 37.7. The number of alkyl halides is 2. The minimum Gasteiger partial charge on any atom is -0.490 e. The smallest absolute Gasteiger partial charge is 0.272 e. The van der Waals surface area contributed by atoms with E-state index in [-0.39, 0.29) is 64.2 Å². The molecule has 16 nitrogen and oxygen atoms in total. The lowest BCUT2D eigenvalue weighted by Crippen LogP contribution is -2.46. The minimum atomic E-state index is -2.75. The Balaban J connectivity index is 0.752. The minimum absolute atomic E-state index is 0.000737. The molecule has 3 aliphatic carbocycles. The summed E-state index contributed by atoms with van der Waals surface area (Å²) < 4.78 is 43.9. The molecule has 0 atom stereocenters. The van der Waals surface area contributed by atoms with E-state index < -0.39 is 6.43 Å². The van der Waals surface area contributed by atoms with Gasteiger partial charge in [-0.25, -0.2) is 8.78 Å². The number of ether oxygens (including phenoxy) is 2. The van der Waals surface area contributed by atoms with Gasteiger partial charge in [0.05, 0.1) is 36.3 Å². The molecule has 2 amide bonds. The lowest BCUT2D eigenvalue weighted by molar-refractivity contribution is -0.129. The van der Waals surface area contributed by atoms with Crippen LogP contribution in [0, 0.1) is 16.7 Å². The number of fused-ring (bicyclic) bond motifs is 2. The van der Waals surface area contributed by atoms with E-state index in [2.05, 4.69) is 46.6 Å². The topological polar surface area (TPSA) is 182 Å². The number of benzene rings is 2. The Kier molecular flexibility index (Phi) is 11.8. The zero-order chi connectivity index (χ0) is 45.7. The Bertz CT molecular complexity index is 2680. The molecule has 10 rings (SSSR count). The SMILES string of the molecule is CC(=O)N1CCc2c(c(N3CCCc4cc(-c5nnn(C)n5)c(C(F)F)cc43)nn2C2CCC3(CC2)CC(Oc2ccc(C(=O)NC4CCC(Oc5ccc(C#N)c(Cl)c5)CC4)nn2)C3)C1. The van der Waals surface area contributed by atoms with E-state index >= 15 is 0 Å². The number of nitrogens with zero attached hydrogens (tertiary/aromatic N) is 11. The molecular formula is C47H51ClF2N12O4. The van der Waals surface area contributed by atoms with Gasteiger partial charge in [-0.1, -0.05) is 11.6 Å². The second-order valence-corrected chi connectivity index (χ2v) is 19.0. The summed E-state index contributed by atoms with van der Waals surface area (Å²) in [4.78, 5) is 30.9. The monoisotopic (exact) mass is 920 g/mol. The van der Waals surface area contributed by atoms with Crippen molar-refractivity contribution in [1.29, 1.82) is 5.26 Å². The molecule has 3 aromatic heterocycles. The number of hydrogen-bond acceptors (Lipinski definition) is 12. The molecule has 0 unspecified atom stereocenters. The van der Waals surface area contributed by atoms with Crippen LogP contribution < -0.4 is 19.7 Å². The second-order valence-electron chi connectivity index (χ2n) is 18.6. The summed E-state index contributed by atoms with van der Waals surface area (Å²) in [6.45, 7) is 3.24. The number of hydrogen-bond donors (Lipinski definition) is 1. The number of rotatable bonds is 10. The van der Waals surface area contributed by atoms with Gasteiger partial charge in [0, 0.05) is 72.7 Å². The first-order valence-corrected chi connectivity index (χ1v) is 23.3. The van der Waals surface area contributed by atoms with Crippen molar-refractivity contribution in [1.82, 2.24) is 50.4 Å². The van der Waals surface area contributed by atoms with Gasteiger partial charge in [0.2, 0.25) is 17.6 Å². The van der Waals surface area contributed by atoms with E-state index in [1.54, 1.807) is 56.4 Å². The van der Waals surface area contributed by atoms with Crippen LogP contribution in [-0.4, -0.2) is 88.2 Å². The molecule has 5 heterocycles. The Morgan fingerprint density at radius 3 is 2.42 bits per heavy atom. The summed E-state index contributed by atoms with van der Waals surface area (Å²) in [5.41, 5.74) is 4.70. The lowest BCUT2D eigenvalue weighted by atomic mass is 9.58. The summed E-state index contributed by atoms with van der Waals surface area (Å²) in [5, 5.41) is 38.5. The van der Waals surface area contributed by atoms with E-state index in [0.717, 1.165) is 99.7 Å². The third-order valence-corrected chi connectivity index (χ3v) is 14.6. The van der Waals surface area contributed by atoms with Crippen LogP contribution in [0.3, 0.4) is 0 Å². The number of carbonyl (C=O) groups excluding carboxylic acids is 2. The molecule has 0 bridgehead atoms. The maximum absolute atomic E-state index is 14.7. The van der Waals surface area contributed by atoms with Gasteiger partial charge >= 0.3 is 0 Å². The van der Waals surface area contributed by atoms with Crippen LogP contribution in [0.25, 0.3) is 11.4 Å². The van der Waals surface area contributed by atoms with Crippen LogP contribution in [0.1, 0.15) is 128 Å². The summed E-state index contributed by atoms with van der Waals surface area (Å²) >= 11 is 6.16. The van der Waals surface area contributed by atoms with Gasteiger partial charge in [-0.05, 0) is 124 Å². The van der Waals surface area contributed by atoms with Gasteiger partial charge in [-0.2, -0.15) is 15.2 Å². The van der Waals surface area contributed by atoms with E-state index in [0.29, 0.717) is 54.0 Å². The van der Waals surface area contributed by atoms with Crippen LogP contribution in [0.4, 0.5) is 20.3 Å². The van der Waals surface area contributed by atoms with Crippen LogP contribution >= 0.6 is 11.6 Å². The molecule has 3 fully saturated rings. The molecule has 0 saturated heterocycles. The summed E-state index contributed by atoms with van der Waals surface area (Å²) in [6, 6.07) is 14.0. The van der Waals surface area contributed by atoms with Gasteiger partial charge < -0.3 is 24.6 Å². The molecule has 1 N–H and O–H groups in total. The second kappa shape index (κ2) is 17.9. The number of aryl methyl sites for hydroxylation is 2. The number of nitriles is 1. The van der Waals surface area contributed by atoms with Crippen molar-refractivity contribution in [3.8, 4) is 29.1 Å². The lowest BCUT2D eigenvalue weighted by Gasteiger charge is -2.51.